The van der Waals surface area contributed by atoms with Gasteiger partial charge in [-0.15, -0.1) is 0 Å². The van der Waals surface area contributed by atoms with Gasteiger partial charge in [0.2, 0.25) is 0 Å². The Hall–Kier alpha value is -2.53. The van der Waals surface area contributed by atoms with E-state index in [1.54, 1.807) is 19.2 Å². The van der Waals surface area contributed by atoms with E-state index < -0.39 is 0 Å². The van der Waals surface area contributed by atoms with E-state index in [0.717, 1.165) is 12.2 Å². The van der Waals surface area contributed by atoms with E-state index in [1.807, 2.05) is 24.3 Å². The number of nitrogens with zero attached hydrogens (tertiary/aromatic N) is 1. The van der Waals surface area contributed by atoms with Crippen LogP contribution < -0.4 is 14.8 Å². The molecule has 2 aromatic rings. The number of hydrogen-bond donors (Lipinski definition) is 1. The van der Waals surface area contributed by atoms with Crippen LogP contribution in [0.1, 0.15) is 24.8 Å². The second-order valence-corrected chi connectivity index (χ2v) is 6.52. The van der Waals surface area contributed by atoms with Gasteiger partial charge in [-0.3, -0.25) is 9.69 Å². The Kier molecular flexibility index (Phi) is 6.50. The van der Waals surface area contributed by atoms with Crippen LogP contribution in [-0.4, -0.2) is 37.6 Å². The Balaban J connectivity index is 1.48. The number of anilines is 1. The number of carbonyl (C=O) groups excluding carboxylic acids is 1. The summed E-state index contributed by atoms with van der Waals surface area (Å²) in [5.74, 6) is 0.976. The summed E-state index contributed by atoms with van der Waals surface area (Å²) in [5, 5.41) is 2.86. The first kappa shape index (κ1) is 18.3. The summed E-state index contributed by atoms with van der Waals surface area (Å²) in [4.78, 5) is 14.6. The fourth-order valence-corrected chi connectivity index (χ4v) is 3.15. The van der Waals surface area contributed by atoms with Gasteiger partial charge in [0.15, 0.2) is 18.1 Å². The quantitative estimate of drug-likeness (QED) is 0.824. The molecular formula is C21H26N2O3. The van der Waals surface area contributed by atoms with Crippen LogP contribution >= 0.6 is 0 Å². The third kappa shape index (κ3) is 5.23. The minimum atomic E-state index is -0.195. The monoisotopic (exact) mass is 354 g/mol. The molecule has 26 heavy (non-hydrogen) atoms. The van der Waals surface area contributed by atoms with E-state index in [2.05, 4.69) is 22.3 Å². The molecule has 3 rings (SSSR count). The van der Waals surface area contributed by atoms with Crippen molar-refractivity contribution in [3.05, 3.63) is 54.1 Å². The maximum Gasteiger partial charge on any atom is 0.262 e. The number of nitrogens with one attached hydrogen (secondary N) is 1. The second kappa shape index (κ2) is 9.25. The number of para-hydroxylation sites is 2. The average Bonchev–Trinajstić information content (AvgIpc) is 2.69. The SMILES string of the molecule is COc1ccccc1OCC(=O)Nc1ccc(CN2CCCCC2)cc1. The lowest BCUT2D eigenvalue weighted by atomic mass is 10.1. The minimum Gasteiger partial charge on any atom is -0.493 e. The zero-order valence-corrected chi connectivity index (χ0v) is 15.2. The summed E-state index contributed by atoms with van der Waals surface area (Å²) in [7, 11) is 1.58. The van der Waals surface area contributed by atoms with Gasteiger partial charge in [0.05, 0.1) is 7.11 Å². The topological polar surface area (TPSA) is 50.8 Å². The predicted molar refractivity (Wildman–Crippen MR) is 103 cm³/mol. The van der Waals surface area contributed by atoms with Crippen LogP contribution in [0.15, 0.2) is 48.5 Å². The molecule has 0 atom stereocenters. The van der Waals surface area contributed by atoms with E-state index in [0.29, 0.717) is 11.5 Å². The Labute approximate surface area is 154 Å². The van der Waals surface area contributed by atoms with Gasteiger partial charge >= 0.3 is 0 Å². The summed E-state index contributed by atoms with van der Waals surface area (Å²) in [6.07, 6.45) is 3.93. The van der Waals surface area contributed by atoms with E-state index >= 15 is 0 Å². The number of carbonyl (C=O) groups is 1. The number of hydrogen-bond acceptors (Lipinski definition) is 4. The van der Waals surface area contributed by atoms with E-state index in [-0.39, 0.29) is 12.5 Å². The zero-order chi connectivity index (χ0) is 18.2. The fraction of sp³-hybridized carbons (Fsp3) is 0.381. The first-order valence-electron chi connectivity index (χ1n) is 9.11. The van der Waals surface area contributed by atoms with Gasteiger partial charge in [0.1, 0.15) is 0 Å². The summed E-state index contributed by atoms with van der Waals surface area (Å²) >= 11 is 0. The molecule has 2 aromatic carbocycles. The van der Waals surface area contributed by atoms with Crippen LogP contribution in [0.2, 0.25) is 0 Å². The maximum atomic E-state index is 12.1. The molecule has 5 nitrogen and oxygen atoms in total. The highest BCUT2D eigenvalue weighted by atomic mass is 16.5. The molecule has 0 saturated carbocycles. The van der Waals surface area contributed by atoms with Crippen LogP contribution in [-0.2, 0) is 11.3 Å². The highest BCUT2D eigenvalue weighted by Gasteiger charge is 2.11. The molecule has 1 heterocycles. The van der Waals surface area contributed by atoms with Crippen LogP contribution in [0.4, 0.5) is 5.69 Å². The first-order valence-corrected chi connectivity index (χ1v) is 9.11. The van der Waals surface area contributed by atoms with Crippen LogP contribution in [0.5, 0.6) is 11.5 Å². The van der Waals surface area contributed by atoms with E-state index in [4.69, 9.17) is 9.47 Å². The molecule has 1 amide bonds. The van der Waals surface area contributed by atoms with Gasteiger partial charge in [-0.2, -0.15) is 0 Å². The van der Waals surface area contributed by atoms with Crippen molar-refractivity contribution in [3.63, 3.8) is 0 Å². The highest BCUT2D eigenvalue weighted by Crippen LogP contribution is 2.25. The van der Waals surface area contributed by atoms with Gasteiger partial charge in [0.25, 0.3) is 5.91 Å². The van der Waals surface area contributed by atoms with Crippen molar-refractivity contribution >= 4 is 11.6 Å². The molecule has 0 spiro atoms. The largest absolute Gasteiger partial charge is 0.493 e. The van der Waals surface area contributed by atoms with Crippen LogP contribution in [0, 0.1) is 0 Å². The van der Waals surface area contributed by atoms with Crippen LogP contribution in [0.3, 0.4) is 0 Å². The zero-order valence-electron chi connectivity index (χ0n) is 15.2. The lowest BCUT2D eigenvalue weighted by Crippen LogP contribution is -2.29. The summed E-state index contributed by atoms with van der Waals surface area (Å²) in [6, 6.07) is 15.3. The number of ether oxygens (including phenoxy) is 2. The standard InChI is InChI=1S/C21H26N2O3/c1-25-19-7-3-4-8-20(19)26-16-21(24)22-18-11-9-17(10-12-18)15-23-13-5-2-6-14-23/h3-4,7-12H,2,5-6,13-16H2,1H3,(H,22,24). The summed E-state index contributed by atoms with van der Waals surface area (Å²) in [6.45, 7) is 3.28. The minimum absolute atomic E-state index is 0.0596. The molecule has 138 valence electrons. The third-order valence-corrected chi connectivity index (χ3v) is 4.52. The molecule has 0 unspecified atom stereocenters. The fourth-order valence-electron chi connectivity index (χ4n) is 3.15. The first-order chi connectivity index (χ1) is 12.7. The Morgan fingerprint density at radius 3 is 2.38 bits per heavy atom. The molecule has 0 bridgehead atoms. The van der Waals surface area contributed by atoms with Crippen molar-refractivity contribution in [2.75, 3.05) is 32.1 Å². The number of piperidine rings is 1. The number of benzene rings is 2. The Bertz CT molecular complexity index is 709. The lowest BCUT2D eigenvalue weighted by molar-refractivity contribution is -0.118. The molecule has 5 heteroatoms. The van der Waals surface area contributed by atoms with Crippen molar-refractivity contribution in [1.29, 1.82) is 0 Å². The Morgan fingerprint density at radius 2 is 1.69 bits per heavy atom. The van der Waals surface area contributed by atoms with Crippen molar-refractivity contribution in [2.45, 2.75) is 25.8 Å². The molecule has 1 aliphatic rings. The second-order valence-electron chi connectivity index (χ2n) is 6.52. The van der Waals surface area contributed by atoms with Crippen LogP contribution in [0.25, 0.3) is 0 Å². The van der Waals surface area contributed by atoms with Gasteiger partial charge in [-0.05, 0) is 55.8 Å². The van der Waals surface area contributed by atoms with E-state index in [9.17, 15) is 4.79 Å². The molecule has 1 N–H and O–H groups in total. The molecule has 0 aliphatic carbocycles. The molecule has 1 fully saturated rings. The number of amides is 1. The smallest absolute Gasteiger partial charge is 0.262 e. The number of methoxy groups -OCH3 is 1. The van der Waals surface area contributed by atoms with Gasteiger partial charge in [-0.25, -0.2) is 0 Å². The maximum absolute atomic E-state index is 12.1. The van der Waals surface area contributed by atoms with Crippen molar-refractivity contribution in [3.8, 4) is 11.5 Å². The molecule has 0 aromatic heterocycles. The third-order valence-electron chi connectivity index (χ3n) is 4.52. The van der Waals surface area contributed by atoms with E-state index in [1.165, 1.54) is 37.9 Å². The molecule has 0 radical (unpaired) electrons. The molecule has 1 aliphatic heterocycles. The predicted octanol–water partition coefficient (Wildman–Crippen LogP) is 3.70. The lowest BCUT2D eigenvalue weighted by Gasteiger charge is -2.26. The Morgan fingerprint density at radius 1 is 1.00 bits per heavy atom. The normalized spacial score (nSPS) is 14.7. The van der Waals surface area contributed by atoms with Crippen molar-refractivity contribution < 1.29 is 14.3 Å². The number of rotatable bonds is 7. The summed E-state index contributed by atoms with van der Waals surface area (Å²) in [5.41, 5.74) is 2.05. The van der Waals surface area contributed by atoms with Crippen molar-refractivity contribution in [1.82, 2.24) is 4.90 Å². The van der Waals surface area contributed by atoms with Crippen molar-refractivity contribution in [2.24, 2.45) is 0 Å². The molecular weight excluding hydrogens is 328 g/mol. The highest BCUT2D eigenvalue weighted by molar-refractivity contribution is 5.91. The van der Waals surface area contributed by atoms with Gasteiger partial charge in [0, 0.05) is 12.2 Å². The summed E-state index contributed by atoms with van der Waals surface area (Å²) < 4.78 is 10.8. The average molecular weight is 354 g/mol. The van der Waals surface area contributed by atoms with Gasteiger partial charge in [-0.1, -0.05) is 30.7 Å². The molecule has 1 saturated heterocycles. The van der Waals surface area contributed by atoms with Gasteiger partial charge < -0.3 is 14.8 Å². The number of likely N-dealkylation sites (tertiary alicyclic amines) is 1.